The topological polar surface area (TPSA) is 59.3 Å². The maximum absolute atomic E-state index is 12.2. The van der Waals surface area contributed by atoms with E-state index in [0.717, 1.165) is 0 Å². The molecule has 0 atom stereocenters. The number of carboxylic acids is 1. The smallest absolute Gasteiger partial charge is 0.341 e. The van der Waals surface area contributed by atoms with Crippen molar-refractivity contribution in [1.29, 1.82) is 0 Å². The molecule has 0 amide bonds. The van der Waals surface area contributed by atoms with Crippen LogP contribution in [-0.4, -0.2) is 15.6 Å². The van der Waals surface area contributed by atoms with Crippen molar-refractivity contribution in [3.63, 3.8) is 0 Å². The monoisotopic (exact) mass is 325 g/mol. The van der Waals surface area contributed by atoms with Crippen molar-refractivity contribution in [2.24, 2.45) is 0 Å². The van der Waals surface area contributed by atoms with Crippen molar-refractivity contribution in [2.75, 3.05) is 0 Å². The zero-order valence-electron chi connectivity index (χ0n) is 11.5. The van der Waals surface area contributed by atoms with Crippen LogP contribution < -0.4 is 5.43 Å². The minimum absolute atomic E-state index is 0.0694. The van der Waals surface area contributed by atoms with E-state index in [9.17, 15) is 14.7 Å². The number of hydrogen-bond donors (Lipinski definition) is 1. The maximum Gasteiger partial charge on any atom is 0.341 e. The Hall–Kier alpha value is -1.78. The molecule has 1 N–H and O–H groups in total. The summed E-state index contributed by atoms with van der Waals surface area (Å²) in [4.78, 5) is 23.7. The molecular weight excluding hydrogens is 313 g/mol. The van der Waals surface area contributed by atoms with Crippen molar-refractivity contribution in [1.82, 2.24) is 4.57 Å². The molecule has 0 radical (unpaired) electrons. The van der Waals surface area contributed by atoms with Gasteiger partial charge in [0.25, 0.3) is 0 Å². The molecule has 0 unspecified atom stereocenters. The van der Waals surface area contributed by atoms with Crippen LogP contribution in [0.2, 0.25) is 10.0 Å². The van der Waals surface area contributed by atoms with E-state index < -0.39 is 11.4 Å². The Bertz CT molecular complexity index is 781. The standard InChI is InChI=1S/C15H13Cl2NO3/c1-3-18-8(2)12(17)14(19)11(15(20)21)13(18)9-5-4-6-10(16)7-9/h4-7H,3H2,1-2H3,(H,20,21). The second-order valence-electron chi connectivity index (χ2n) is 4.51. The number of aromatic carboxylic acids is 1. The van der Waals surface area contributed by atoms with Crippen LogP contribution >= 0.6 is 23.2 Å². The summed E-state index contributed by atoms with van der Waals surface area (Å²) in [6.07, 6.45) is 0. The maximum atomic E-state index is 12.2. The highest BCUT2D eigenvalue weighted by atomic mass is 35.5. The Morgan fingerprint density at radius 2 is 2.00 bits per heavy atom. The molecule has 6 heteroatoms. The number of pyridine rings is 1. The van der Waals surface area contributed by atoms with Gasteiger partial charge in [-0.15, -0.1) is 0 Å². The first kappa shape index (κ1) is 15.6. The van der Waals surface area contributed by atoms with Crippen LogP contribution in [-0.2, 0) is 6.54 Å². The molecule has 2 rings (SSSR count). The molecule has 4 nitrogen and oxygen atoms in total. The summed E-state index contributed by atoms with van der Waals surface area (Å²) < 4.78 is 1.71. The molecule has 0 aliphatic carbocycles. The third kappa shape index (κ3) is 2.69. The number of carbonyl (C=O) groups is 1. The Morgan fingerprint density at radius 1 is 1.33 bits per heavy atom. The van der Waals surface area contributed by atoms with E-state index in [2.05, 4.69) is 0 Å². The van der Waals surface area contributed by atoms with Crippen LogP contribution in [0.15, 0.2) is 29.1 Å². The van der Waals surface area contributed by atoms with E-state index in [-0.39, 0.29) is 10.6 Å². The lowest BCUT2D eigenvalue weighted by atomic mass is 10.0. The molecular formula is C15H13Cl2NO3. The molecule has 0 spiro atoms. The van der Waals surface area contributed by atoms with Gasteiger partial charge in [-0.1, -0.05) is 35.3 Å². The van der Waals surface area contributed by atoms with Gasteiger partial charge in [-0.25, -0.2) is 4.79 Å². The van der Waals surface area contributed by atoms with Gasteiger partial charge in [-0.2, -0.15) is 0 Å². The summed E-state index contributed by atoms with van der Waals surface area (Å²) >= 11 is 12.0. The highest BCUT2D eigenvalue weighted by Gasteiger charge is 2.23. The quantitative estimate of drug-likeness (QED) is 0.932. The number of hydrogen-bond acceptors (Lipinski definition) is 2. The van der Waals surface area contributed by atoms with E-state index in [1.54, 1.807) is 35.8 Å². The van der Waals surface area contributed by atoms with Crippen molar-refractivity contribution in [2.45, 2.75) is 20.4 Å². The first-order chi connectivity index (χ1) is 9.88. The van der Waals surface area contributed by atoms with Crippen molar-refractivity contribution < 1.29 is 9.90 Å². The van der Waals surface area contributed by atoms with Crippen molar-refractivity contribution >= 4 is 29.2 Å². The Kier molecular flexibility index (Phi) is 4.40. The Labute approximate surface area is 131 Å². The van der Waals surface area contributed by atoms with Crippen LogP contribution in [0, 0.1) is 6.92 Å². The van der Waals surface area contributed by atoms with Gasteiger partial charge in [0.1, 0.15) is 10.6 Å². The fourth-order valence-corrected chi connectivity index (χ4v) is 2.72. The zero-order valence-corrected chi connectivity index (χ0v) is 13.0. The summed E-state index contributed by atoms with van der Waals surface area (Å²) in [6, 6.07) is 6.73. The molecule has 0 aliphatic heterocycles. The lowest BCUT2D eigenvalue weighted by Gasteiger charge is -2.19. The van der Waals surface area contributed by atoms with Gasteiger partial charge in [-0.3, -0.25) is 4.79 Å². The predicted octanol–water partition coefficient (Wildman–Crippen LogP) is 3.85. The lowest BCUT2D eigenvalue weighted by molar-refractivity contribution is 0.0695. The average Bonchev–Trinajstić information content (AvgIpc) is 2.44. The first-order valence-corrected chi connectivity index (χ1v) is 7.06. The lowest BCUT2D eigenvalue weighted by Crippen LogP contribution is -2.23. The van der Waals surface area contributed by atoms with Crippen LogP contribution in [0.4, 0.5) is 0 Å². The number of carboxylic acid groups (broad SMARTS) is 1. The average molecular weight is 326 g/mol. The number of rotatable bonds is 3. The highest BCUT2D eigenvalue weighted by molar-refractivity contribution is 6.32. The fraction of sp³-hybridized carbons (Fsp3) is 0.200. The summed E-state index contributed by atoms with van der Waals surface area (Å²) in [6.45, 7) is 4.02. The molecule has 2 aromatic rings. The number of halogens is 2. The highest BCUT2D eigenvalue weighted by Crippen LogP contribution is 2.28. The molecule has 21 heavy (non-hydrogen) atoms. The van der Waals surface area contributed by atoms with Gasteiger partial charge in [-0.05, 0) is 26.0 Å². The van der Waals surface area contributed by atoms with E-state index >= 15 is 0 Å². The molecule has 0 fully saturated rings. The van der Waals surface area contributed by atoms with Gasteiger partial charge in [0.05, 0.1) is 5.69 Å². The summed E-state index contributed by atoms with van der Waals surface area (Å²) in [5.41, 5.74) is 0.401. The minimum atomic E-state index is -1.31. The van der Waals surface area contributed by atoms with E-state index in [1.807, 2.05) is 6.92 Å². The molecule has 0 bridgehead atoms. The van der Waals surface area contributed by atoms with Gasteiger partial charge < -0.3 is 9.67 Å². The molecule has 110 valence electrons. The molecule has 1 heterocycles. The Morgan fingerprint density at radius 3 is 2.52 bits per heavy atom. The van der Waals surface area contributed by atoms with Gasteiger partial charge in [0.15, 0.2) is 0 Å². The third-order valence-corrected chi connectivity index (χ3v) is 3.96. The van der Waals surface area contributed by atoms with Crippen molar-refractivity contribution in [3.05, 3.63) is 55.8 Å². The predicted molar refractivity (Wildman–Crippen MR) is 83.5 cm³/mol. The zero-order chi connectivity index (χ0) is 15.7. The second-order valence-corrected chi connectivity index (χ2v) is 5.33. The van der Waals surface area contributed by atoms with Gasteiger partial charge >= 0.3 is 5.97 Å². The normalized spacial score (nSPS) is 10.7. The largest absolute Gasteiger partial charge is 0.477 e. The number of nitrogens with zero attached hydrogens (tertiary/aromatic N) is 1. The molecule has 1 aromatic heterocycles. The summed E-state index contributed by atoms with van der Waals surface area (Å²) in [7, 11) is 0. The van der Waals surface area contributed by atoms with Crippen molar-refractivity contribution in [3.8, 4) is 11.3 Å². The number of benzene rings is 1. The third-order valence-electron chi connectivity index (χ3n) is 3.28. The number of aromatic nitrogens is 1. The van der Waals surface area contributed by atoms with E-state index in [1.165, 1.54) is 0 Å². The van der Waals surface area contributed by atoms with Gasteiger partial charge in [0, 0.05) is 22.8 Å². The second kappa shape index (κ2) is 5.92. The minimum Gasteiger partial charge on any atom is -0.477 e. The molecule has 0 aliphatic rings. The van der Waals surface area contributed by atoms with Crippen LogP contribution in [0.3, 0.4) is 0 Å². The summed E-state index contributed by atoms with van der Waals surface area (Å²) in [5.74, 6) is -1.31. The SMILES string of the molecule is CCn1c(C)c(Cl)c(=O)c(C(=O)O)c1-c1cccc(Cl)c1. The molecule has 0 saturated carbocycles. The first-order valence-electron chi connectivity index (χ1n) is 6.30. The molecule has 0 saturated heterocycles. The van der Waals surface area contributed by atoms with Crippen LogP contribution in [0.25, 0.3) is 11.3 Å². The van der Waals surface area contributed by atoms with Gasteiger partial charge in [0.2, 0.25) is 5.43 Å². The summed E-state index contributed by atoms with van der Waals surface area (Å²) in [5, 5.41) is 9.80. The van der Waals surface area contributed by atoms with Crippen LogP contribution in [0.1, 0.15) is 23.0 Å². The Balaban J connectivity index is 2.98. The van der Waals surface area contributed by atoms with E-state index in [0.29, 0.717) is 28.5 Å². The van der Waals surface area contributed by atoms with E-state index in [4.69, 9.17) is 23.2 Å². The van der Waals surface area contributed by atoms with Crippen LogP contribution in [0.5, 0.6) is 0 Å². The fourth-order valence-electron chi connectivity index (χ4n) is 2.33. The molecule has 1 aromatic carbocycles.